The number of fused-ring (bicyclic) bond motifs is 1. The molecule has 136 valence electrons. The molecule has 0 unspecified atom stereocenters. The fraction of sp³-hybridized carbons (Fsp3) is 0.304. The minimum absolute atomic E-state index is 0.226. The second kappa shape index (κ2) is 8.59. The highest BCUT2D eigenvalue weighted by Gasteiger charge is 2.19. The molecule has 0 atom stereocenters. The number of thiophene rings is 1. The number of hydrogen-bond donors (Lipinski definition) is 0. The first kappa shape index (κ1) is 18.8. The molecule has 0 aliphatic heterocycles. The Morgan fingerprint density at radius 1 is 1.04 bits per heavy atom. The molecule has 2 aromatic carbocycles. The van der Waals surface area contributed by atoms with Gasteiger partial charge < -0.3 is 0 Å². The molecule has 0 saturated heterocycles. The van der Waals surface area contributed by atoms with Gasteiger partial charge >= 0.3 is 0 Å². The maximum Gasteiger partial charge on any atom is 0.265 e. The number of alkyl halides is 2. The van der Waals surface area contributed by atoms with Gasteiger partial charge in [-0.2, -0.15) is 0 Å². The summed E-state index contributed by atoms with van der Waals surface area (Å²) in [6.07, 6.45) is 5.44. The number of halogens is 2. The Hall–Kier alpha value is -2.00. The first-order valence-electron chi connectivity index (χ1n) is 9.18. The highest BCUT2D eigenvalue weighted by Crippen LogP contribution is 2.40. The molecule has 0 fully saturated rings. The zero-order chi connectivity index (χ0) is 18.5. The third-order valence-corrected chi connectivity index (χ3v) is 5.86. The normalized spacial score (nSPS) is 11.9. The van der Waals surface area contributed by atoms with Crippen LogP contribution in [0.3, 0.4) is 0 Å². The molecule has 3 heteroatoms. The van der Waals surface area contributed by atoms with E-state index in [1.165, 1.54) is 16.9 Å². The predicted molar refractivity (Wildman–Crippen MR) is 109 cm³/mol. The van der Waals surface area contributed by atoms with Gasteiger partial charge in [0.2, 0.25) is 0 Å². The van der Waals surface area contributed by atoms with E-state index in [2.05, 4.69) is 36.4 Å². The van der Waals surface area contributed by atoms with Crippen LogP contribution in [0.5, 0.6) is 0 Å². The van der Waals surface area contributed by atoms with Crippen molar-refractivity contribution in [2.45, 2.75) is 46.0 Å². The second-order valence-corrected chi connectivity index (χ2v) is 7.57. The number of benzene rings is 2. The van der Waals surface area contributed by atoms with Crippen molar-refractivity contribution >= 4 is 21.4 Å². The Kier molecular flexibility index (Phi) is 6.20. The molecule has 0 saturated carbocycles. The Labute approximate surface area is 158 Å². The molecular weight excluding hydrogens is 346 g/mol. The van der Waals surface area contributed by atoms with Gasteiger partial charge in [0.25, 0.3) is 6.43 Å². The molecular formula is C23H24F2S. The van der Waals surface area contributed by atoms with Crippen molar-refractivity contribution in [3.63, 3.8) is 0 Å². The number of allylic oxidation sites excluding steroid dienone is 2. The van der Waals surface area contributed by atoms with Gasteiger partial charge in [-0.05, 0) is 54.3 Å². The van der Waals surface area contributed by atoms with E-state index in [9.17, 15) is 8.78 Å². The Balaban J connectivity index is 1.94. The van der Waals surface area contributed by atoms with E-state index in [1.54, 1.807) is 0 Å². The molecule has 1 aromatic heterocycles. The van der Waals surface area contributed by atoms with Crippen molar-refractivity contribution in [3.8, 4) is 10.4 Å². The number of rotatable bonds is 7. The lowest BCUT2D eigenvalue weighted by atomic mass is 10.0. The second-order valence-electron chi connectivity index (χ2n) is 6.52. The third kappa shape index (κ3) is 4.04. The van der Waals surface area contributed by atoms with E-state index in [4.69, 9.17) is 0 Å². The van der Waals surface area contributed by atoms with Gasteiger partial charge in [-0.3, -0.25) is 0 Å². The molecule has 0 aliphatic rings. The fourth-order valence-electron chi connectivity index (χ4n) is 3.29. The Morgan fingerprint density at radius 3 is 2.46 bits per heavy atom. The summed E-state index contributed by atoms with van der Waals surface area (Å²) in [6.45, 7) is 4.06. The van der Waals surface area contributed by atoms with Gasteiger partial charge in [0.05, 0.1) is 0 Å². The molecule has 0 N–H and O–H groups in total. The smallest absolute Gasteiger partial charge is 0.205 e. The number of hydrogen-bond acceptors (Lipinski definition) is 1. The summed E-state index contributed by atoms with van der Waals surface area (Å²) in [5, 5.41) is 0.914. The maximum atomic E-state index is 13.7. The summed E-state index contributed by atoms with van der Waals surface area (Å²) in [4.78, 5) is 1.05. The van der Waals surface area contributed by atoms with Crippen LogP contribution in [0, 0.1) is 0 Å². The van der Waals surface area contributed by atoms with E-state index >= 15 is 0 Å². The SMILES string of the molecule is C/C=C/CCc1ccc(-c2cc3ccc(CCC)c(C(F)F)c3s2)cc1. The zero-order valence-corrected chi connectivity index (χ0v) is 16.1. The van der Waals surface area contributed by atoms with Crippen LogP contribution in [-0.4, -0.2) is 0 Å². The van der Waals surface area contributed by atoms with E-state index in [1.807, 2.05) is 32.0 Å². The first-order chi connectivity index (χ1) is 12.6. The van der Waals surface area contributed by atoms with Gasteiger partial charge in [-0.15, -0.1) is 11.3 Å². The monoisotopic (exact) mass is 370 g/mol. The summed E-state index contributed by atoms with van der Waals surface area (Å²) in [5.74, 6) is 0. The van der Waals surface area contributed by atoms with E-state index in [0.29, 0.717) is 6.42 Å². The van der Waals surface area contributed by atoms with Crippen LogP contribution in [-0.2, 0) is 12.8 Å². The van der Waals surface area contributed by atoms with Gasteiger partial charge in [0, 0.05) is 15.1 Å². The van der Waals surface area contributed by atoms with Crippen LogP contribution < -0.4 is 0 Å². The summed E-state index contributed by atoms with van der Waals surface area (Å²) in [7, 11) is 0. The van der Waals surface area contributed by atoms with Crippen LogP contribution in [0.1, 0.15) is 49.8 Å². The average molecular weight is 371 g/mol. The summed E-state index contributed by atoms with van der Waals surface area (Å²) >= 11 is 1.48. The van der Waals surface area contributed by atoms with E-state index in [0.717, 1.165) is 45.4 Å². The maximum absolute atomic E-state index is 13.7. The number of aryl methyl sites for hydroxylation is 2. The van der Waals surface area contributed by atoms with Gasteiger partial charge in [0.15, 0.2) is 0 Å². The van der Waals surface area contributed by atoms with E-state index < -0.39 is 6.43 Å². The minimum atomic E-state index is -2.43. The highest BCUT2D eigenvalue weighted by molar-refractivity contribution is 7.22. The van der Waals surface area contributed by atoms with Crippen LogP contribution in [0.25, 0.3) is 20.5 Å². The van der Waals surface area contributed by atoms with Gasteiger partial charge in [-0.25, -0.2) is 8.78 Å². The van der Waals surface area contributed by atoms with Crippen molar-refractivity contribution in [1.29, 1.82) is 0 Å². The van der Waals surface area contributed by atoms with Crippen LogP contribution in [0.4, 0.5) is 8.78 Å². The fourth-order valence-corrected chi connectivity index (χ4v) is 4.52. The van der Waals surface area contributed by atoms with Crippen molar-refractivity contribution in [3.05, 3.63) is 71.3 Å². The summed E-state index contributed by atoms with van der Waals surface area (Å²) in [6, 6.07) is 14.4. The lowest BCUT2D eigenvalue weighted by molar-refractivity contribution is 0.152. The quantitative estimate of drug-likeness (QED) is 0.370. The molecule has 3 aromatic rings. The van der Waals surface area contributed by atoms with Crippen LogP contribution in [0.15, 0.2) is 54.6 Å². The van der Waals surface area contributed by atoms with Crippen molar-refractivity contribution in [1.82, 2.24) is 0 Å². The van der Waals surface area contributed by atoms with Crippen molar-refractivity contribution in [2.24, 2.45) is 0 Å². The molecule has 0 bridgehead atoms. The first-order valence-corrected chi connectivity index (χ1v) is 9.99. The zero-order valence-electron chi connectivity index (χ0n) is 15.3. The predicted octanol–water partition coefficient (Wildman–Crippen LogP) is 7.97. The minimum Gasteiger partial charge on any atom is -0.205 e. The van der Waals surface area contributed by atoms with Crippen molar-refractivity contribution < 1.29 is 8.78 Å². The molecule has 3 rings (SSSR count). The van der Waals surface area contributed by atoms with Gasteiger partial charge in [0.1, 0.15) is 0 Å². The summed E-state index contributed by atoms with van der Waals surface area (Å²) < 4.78 is 28.1. The Morgan fingerprint density at radius 2 is 1.81 bits per heavy atom. The largest absolute Gasteiger partial charge is 0.265 e. The molecule has 1 heterocycles. The Bertz CT molecular complexity index is 888. The topological polar surface area (TPSA) is 0 Å². The highest BCUT2D eigenvalue weighted by atomic mass is 32.1. The average Bonchev–Trinajstić information content (AvgIpc) is 3.06. The molecule has 0 amide bonds. The lowest BCUT2D eigenvalue weighted by Gasteiger charge is -2.09. The van der Waals surface area contributed by atoms with Crippen LogP contribution in [0.2, 0.25) is 0 Å². The third-order valence-electron chi connectivity index (χ3n) is 4.63. The molecule has 0 nitrogen and oxygen atoms in total. The molecule has 0 aliphatic carbocycles. The van der Waals surface area contributed by atoms with Crippen molar-refractivity contribution in [2.75, 3.05) is 0 Å². The van der Waals surface area contributed by atoms with Gasteiger partial charge in [-0.1, -0.05) is 61.9 Å². The lowest BCUT2D eigenvalue weighted by Crippen LogP contribution is -1.94. The summed E-state index contributed by atoms with van der Waals surface area (Å²) in [5.41, 5.74) is 3.40. The molecule has 0 radical (unpaired) electrons. The molecule has 26 heavy (non-hydrogen) atoms. The molecule has 0 spiro atoms. The van der Waals surface area contributed by atoms with E-state index in [-0.39, 0.29) is 5.56 Å². The van der Waals surface area contributed by atoms with Crippen LogP contribution >= 0.6 is 11.3 Å². The standard InChI is InChI=1S/C23H24F2S/c1-3-5-6-8-16-9-11-17(12-10-16)20-15-19-14-13-18(7-4-2)21(23(24)25)22(19)26-20/h3,5,9-15,23H,4,6-8H2,1-2H3/b5-3+.